The van der Waals surface area contributed by atoms with Gasteiger partial charge in [0.2, 0.25) is 23.6 Å². The lowest BCUT2D eigenvalue weighted by Crippen LogP contribution is -2.58. The van der Waals surface area contributed by atoms with E-state index in [0.29, 0.717) is 11.1 Å². The van der Waals surface area contributed by atoms with Crippen LogP contribution < -0.4 is 27.0 Å². The van der Waals surface area contributed by atoms with Gasteiger partial charge in [0.1, 0.15) is 24.4 Å². The molecule has 2 rings (SSSR count). The Hall–Kier alpha value is -4.49. The molecule has 2 aromatic rings. The smallest absolute Gasteiger partial charge is 0.322 e. The molecule has 204 valence electrons. The third-order valence-corrected chi connectivity index (χ3v) is 5.32. The average Bonchev–Trinajstić information content (AvgIpc) is 2.90. The topological polar surface area (TPSA) is 220 Å². The molecular weight excluding hydrogens is 498 g/mol. The summed E-state index contributed by atoms with van der Waals surface area (Å²) in [5.74, 6) is -4.25. The van der Waals surface area contributed by atoms with Crippen LogP contribution in [0.5, 0.6) is 5.75 Å². The lowest BCUT2D eigenvalue weighted by Gasteiger charge is -2.23. The number of rotatable bonds is 14. The summed E-state index contributed by atoms with van der Waals surface area (Å²) in [6.45, 7) is -1.92. The van der Waals surface area contributed by atoms with E-state index < -0.39 is 67.4 Å². The number of amides is 4. The normalized spacial score (nSPS) is 12.9. The van der Waals surface area contributed by atoms with E-state index >= 15 is 0 Å². The van der Waals surface area contributed by atoms with Crippen molar-refractivity contribution in [2.75, 3.05) is 19.7 Å². The number of aliphatic carboxylic acids is 1. The monoisotopic (exact) mass is 529 g/mol. The van der Waals surface area contributed by atoms with Crippen molar-refractivity contribution in [2.24, 2.45) is 5.73 Å². The Balaban J connectivity index is 2.03. The van der Waals surface area contributed by atoms with Gasteiger partial charge in [-0.1, -0.05) is 42.5 Å². The molecule has 4 amide bonds. The van der Waals surface area contributed by atoms with Gasteiger partial charge in [0, 0.05) is 6.42 Å². The van der Waals surface area contributed by atoms with Crippen LogP contribution in [0.1, 0.15) is 11.1 Å². The highest BCUT2D eigenvalue weighted by molar-refractivity contribution is 5.94. The second-order valence-electron chi connectivity index (χ2n) is 8.36. The maximum absolute atomic E-state index is 12.9. The number of nitrogens with one attached hydrogen (secondary N) is 4. The zero-order chi connectivity index (χ0) is 28.1. The summed E-state index contributed by atoms with van der Waals surface area (Å²) in [4.78, 5) is 60.5. The van der Waals surface area contributed by atoms with E-state index in [-0.39, 0.29) is 18.6 Å². The van der Waals surface area contributed by atoms with E-state index in [4.69, 9.17) is 10.8 Å². The molecule has 0 radical (unpaired) electrons. The SMILES string of the molecule is N[C@@H](Cc1ccc(O)cc1)C(=O)N[C@H](CO)C(=O)N[C@@H](Cc1ccccc1)C(=O)NCC(=O)NCC(=O)O. The molecule has 38 heavy (non-hydrogen) atoms. The summed E-state index contributed by atoms with van der Waals surface area (Å²) in [6, 6.07) is 11.1. The van der Waals surface area contributed by atoms with E-state index in [1.165, 1.54) is 12.1 Å². The molecule has 0 aromatic heterocycles. The predicted octanol–water partition coefficient (Wildman–Crippen LogP) is -2.22. The molecule has 2 aromatic carbocycles. The van der Waals surface area contributed by atoms with Crippen LogP contribution >= 0.6 is 0 Å². The summed E-state index contributed by atoms with van der Waals surface area (Å²) in [7, 11) is 0. The number of hydrogen-bond donors (Lipinski definition) is 8. The first-order valence-corrected chi connectivity index (χ1v) is 11.6. The summed E-state index contributed by atoms with van der Waals surface area (Å²) in [5.41, 5.74) is 7.28. The maximum Gasteiger partial charge on any atom is 0.322 e. The Morgan fingerprint density at radius 3 is 1.95 bits per heavy atom. The van der Waals surface area contributed by atoms with Gasteiger partial charge in [0.15, 0.2) is 0 Å². The number of aliphatic hydroxyl groups excluding tert-OH is 1. The molecule has 0 fully saturated rings. The molecule has 0 spiro atoms. The third kappa shape index (κ3) is 10.2. The highest BCUT2D eigenvalue weighted by Gasteiger charge is 2.28. The highest BCUT2D eigenvalue weighted by Crippen LogP contribution is 2.11. The summed E-state index contributed by atoms with van der Waals surface area (Å²) in [5, 5.41) is 37.0. The van der Waals surface area contributed by atoms with Gasteiger partial charge in [0.05, 0.1) is 19.2 Å². The first-order chi connectivity index (χ1) is 18.1. The lowest BCUT2D eigenvalue weighted by molar-refractivity contribution is -0.138. The third-order valence-electron chi connectivity index (χ3n) is 5.32. The molecule has 0 bridgehead atoms. The maximum atomic E-state index is 12.9. The minimum atomic E-state index is -1.42. The van der Waals surface area contributed by atoms with Crippen LogP contribution in [0, 0.1) is 0 Å². The largest absolute Gasteiger partial charge is 0.508 e. The Bertz CT molecular complexity index is 1110. The highest BCUT2D eigenvalue weighted by atomic mass is 16.4. The van der Waals surface area contributed by atoms with Crippen LogP contribution in [-0.4, -0.2) is 82.7 Å². The van der Waals surface area contributed by atoms with E-state index in [2.05, 4.69) is 21.3 Å². The summed E-state index contributed by atoms with van der Waals surface area (Å²) >= 11 is 0. The van der Waals surface area contributed by atoms with Crippen molar-refractivity contribution in [1.82, 2.24) is 21.3 Å². The van der Waals surface area contributed by atoms with Gasteiger partial charge in [-0.05, 0) is 29.7 Å². The van der Waals surface area contributed by atoms with E-state index in [1.807, 2.05) is 0 Å². The molecule has 0 saturated heterocycles. The van der Waals surface area contributed by atoms with E-state index in [1.54, 1.807) is 42.5 Å². The first-order valence-electron chi connectivity index (χ1n) is 11.6. The number of phenols is 1. The quantitative estimate of drug-likeness (QED) is 0.133. The lowest BCUT2D eigenvalue weighted by atomic mass is 10.0. The van der Waals surface area contributed by atoms with Gasteiger partial charge in [-0.2, -0.15) is 0 Å². The minimum absolute atomic E-state index is 0.0294. The first kappa shape index (κ1) is 29.7. The zero-order valence-electron chi connectivity index (χ0n) is 20.4. The van der Waals surface area contributed by atoms with Crippen molar-refractivity contribution < 1.29 is 39.3 Å². The molecule has 0 aliphatic carbocycles. The molecule has 0 saturated carbocycles. The number of aromatic hydroxyl groups is 1. The van der Waals surface area contributed by atoms with Crippen LogP contribution in [0.3, 0.4) is 0 Å². The van der Waals surface area contributed by atoms with Crippen molar-refractivity contribution >= 4 is 29.6 Å². The van der Waals surface area contributed by atoms with Gasteiger partial charge in [-0.25, -0.2) is 0 Å². The molecular formula is C25H31N5O8. The Morgan fingerprint density at radius 2 is 1.34 bits per heavy atom. The van der Waals surface area contributed by atoms with E-state index in [9.17, 15) is 34.2 Å². The molecule has 13 heteroatoms. The molecule has 0 unspecified atom stereocenters. The van der Waals surface area contributed by atoms with Crippen molar-refractivity contribution in [3.63, 3.8) is 0 Å². The summed E-state index contributed by atoms with van der Waals surface area (Å²) < 4.78 is 0. The zero-order valence-corrected chi connectivity index (χ0v) is 20.4. The molecule has 0 aliphatic heterocycles. The molecule has 9 N–H and O–H groups in total. The van der Waals surface area contributed by atoms with Gasteiger partial charge in [0.25, 0.3) is 0 Å². The van der Waals surface area contributed by atoms with Crippen LogP contribution in [0.15, 0.2) is 54.6 Å². The number of carboxylic acids is 1. The number of aliphatic hydroxyl groups is 1. The molecule has 3 atom stereocenters. The average molecular weight is 530 g/mol. The fraction of sp³-hybridized carbons (Fsp3) is 0.320. The predicted molar refractivity (Wildman–Crippen MR) is 135 cm³/mol. The van der Waals surface area contributed by atoms with Crippen molar-refractivity contribution in [1.29, 1.82) is 0 Å². The minimum Gasteiger partial charge on any atom is -0.508 e. The van der Waals surface area contributed by atoms with Crippen molar-refractivity contribution in [3.8, 4) is 5.75 Å². The van der Waals surface area contributed by atoms with Gasteiger partial charge >= 0.3 is 5.97 Å². The number of carbonyl (C=O) groups excluding carboxylic acids is 4. The van der Waals surface area contributed by atoms with Crippen LogP contribution in [0.2, 0.25) is 0 Å². The van der Waals surface area contributed by atoms with Crippen LogP contribution in [0.25, 0.3) is 0 Å². The van der Waals surface area contributed by atoms with Gasteiger partial charge in [-0.3, -0.25) is 24.0 Å². The fourth-order valence-corrected chi connectivity index (χ4v) is 3.31. The van der Waals surface area contributed by atoms with Crippen molar-refractivity contribution in [3.05, 3.63) is 65.7 Å². The van der Waals surface area contributed by atoms with Crippen LogP contribution in [0.4, 0.5) is 0 Å². The Kier molecular flexibility index (Phi) is 11.7. The van der Waals surface area contributed by atoms with Crippen LogP contribution in [-0.2, 0) is 36.8 Å². The fourth-order valence-electron chi connectivity index (χ4n) is 3.31. The van der Waals surface area contributed by atoms with Gasteiger partial charge in [-0.15, -0.1) is 0 Å². The number of phenolic OH excluding ortho intramolecular Hbond substituents is 1. The number of benzene rings is 2. The molecule has 0 aliphatic rings. The van der Waals surface area contributed by atoms with Crippen molar-refractivity contribution in [2.45, 2.75) is 31.0 Å². The summed E-state index contributed by atoms with van der Waals surface area (Å²) in [6.07, 6.45) is 0.135. The number of hydrogen-bond acceptors (Lipinski definition) is 8. The number of carboxylic acid groups (broad SMARTS) is 1. The molecule has 13 nitrogen and oxygen atoms in total. The second kappa shape index (κ2) is 14.9. The standard InChI is InChI=1S/C25H31N5O8/c26-18(10-16-6-8-17(32)9-7-16)23(36)30-20(14-31)25(38)29-19(11-15-4-2-1-3-5-15)24(37)28-12-21(33)27-13-22(34)35/h1-9,18-20,31-32H,10-14,26H2,(H,27,33)(H,28,37)(H,29,38)(H,30,36)(H,34,35)/t18-,19-,20+/m0/s1. The Morgan fingerprint density at radius 1 is 0.737 bits per heavy atom. The molecule has 0 heterocycles. The number of nitrogens with two attached hydrogens (primary N) is 1. The second-order valence-corrected chi connectivity index (χ2v) is 8.36. The van der Waals surface area contributed by atoms with Gasteiger partial charge < -0.3 is 42.3 Å². The number of carbonyl (C=O) groups is 5. The Labute approximate surface area is 218 Å². The van der Waals surface area contributed by atoms with E-state index in [0.717, 1.165) is 0 Å².